The number of aryl methyl sites for hydroxylation is 5. The van der Waals surface area contributed by atoms with Gasteiger partial charge >= 0.3 is 24.8 Å². The molecule has 1 N–H and O–H groups in total. The molecule has 4 aromatic rings. The summed E-state index contributed by atoms with van der Waals surface area (Å²) in [5.74, 6) is 0.741. The molecular formula is C20H25BBrN6OS5. The van der Waals surface area contributed by atoms with Gasteiger partial charge < -0.3 is 4.98 Å². The van der Waals surface area contributed by atoms with E-state index in [9.17, 15) is 4.79 Å². The predicted octanol–water partition coefficient (Wildman–Crippen LogP) is 6.43. The first-order chi connectivity index (χ1) is 16.2. The molecule has 0 aliphatic carbocycles. The average Bonchev–Trinajstić information content (AvgIpc) is 3.49. The van der Waals surface area contributed by atoms with E-state index in [1.54, 1.807) is 34.0 Å². The van der Waals surface area contributed by atoms with Crippen LogP contribution in [-0.2, 0) is 11.1 Å². The molecule has 181 valence electrons. The predicted molar refractivity (Wildman–Crippen MR) is 154 cm³/mol. The van der Waals surface area contributed by atoms with Gasteiger partial charge in [0.15, 0.2) is 5.16 Å². The van der Waals surface area contributed by atoms with Crippen LogP contribution in [0.2, 0.25) is 0 Å². The summed E-state index contributed by atoms with van der Waals surface area (Å²) in [4.78, 5) is 34.3. The zero-order chi connectivity index (χ0) is 25.5. The van der Waals surface area contributed by atoms with Crippen molar-refractivity contribution in [2.45, 2.75) is 50.9 Å². The van der Waals surface area contributed by atoms with Gasteiger partial charge in [-0.25, -0.2) is 19.9 Å². The monoisotopic (exact) mass is 615 g/mol. The Morgan fingerprint density at radius 2 is 1.53 bits per heavy atom. The Labute approximate surface area is 231 Å². The molecule has 4 rings (SSSR count). The van der Waals surface area contributed by atoms with E-state index in [-0.39, 0.29) is 5.56 Å². The number of hydrogen-bond donors (Lipinski definition) is 2. The zero-order valence-corrected chi connectivity index (χ0v) is 25.1. The Balaban J connectivity index is 0.000000268. The van der Waals surface area contributed by atoms with Crippen LogP contribution in [0.25, 0.3) is 0 Å². The number of thiazole rings is 3. The third kappa shape index (κ3) is 13.6. The summed E-state index contributed by atoms with van der Waals surface area (Å²) in [5, 5.41) is 4.88. The van der Waals surface area contributed by atoms with Crippen LogP contribution < -0.4 is 5.56 Å². The van der Waals surface area contributed by atoms with Crippen molar-refractivity contribution in [1.82, 2.24) is 24.9 Å². The minimum atomic E-state index is -0.106. The number of hydrogen-bond acceptors (Lipinski definition) is 11. The summed E-state index contributed by atoms with van der Waals surface area (Å²) in [7, 11) is 4.34. The Morgan fingerprint density at radius 1 is 1.00 bits per heavy atom. The van der Waals surface area contributed by atoms with Crippen molar-refractivity contribution in [2.24, 2.45) is 4.30 Å². The van der Waals surface area contributed by atoms with Gasteiger partial charge in [0.25, 0.3) is 5.56 Å². The molecule has 4 aromatic heterocycles. The molecule has 34 heavy (non-hydrogen) atoms. The molecular weight excluding hydrogens is 591 g/mol. The van der Waals surface area contributed by atoms with E-state index in [1.807, 2.05) is 39.4 Å². The van der Waals surface area contributed by atoms with E-state index in [0.717, 1.165) is 31.8 Å². The number of nitrogens with zero attached hydrogens (tertiary/aromatic N) is 5. The molecule has 4 heterocycles. The van der Waals surface area contributed by atoms with Gasteiger partial charge in [-0.15, -0.1) is 34.0 Å². The van der Waals surface area contributed by atoms with Gasteiger partial charge in [0.1, 0.15) is 10.0 Å². The molecule has 0 saturated carbocycles. The molecule has 0 aliphatic heterocycles. The van der Waals surface area contributed by atoms with Crippen LogP contribution in [0, 0.1) is 34.6 Å². The van der Waals surface area contributed by atoms with Crippen molar-refractivity contribution in [3.63, 3.8) is 0 Å². The van der Waals surface area contributed by atoms with Gasteiger partial charge in [-0.1, -0.05) is 27.7 Å². The quantitative estimate of drug-likeness (QED) is 0.0903. The zero-order valence-electron chi connectivity index (χ0n) is 19.4. The van der Waals surface area contributed by atoms with Crippen LogP contribution in [0.5, 0.6) is 0 Å². The number of nitrogens with one attached hydrogen (secondary N) is 1. The number of thiol groups is 1. The molecule has 0 fully saturated rings. The van der Waals surface area contributed by atoms with Crippen molar-refractivity contribution in [3.8, 4) is 0 Å². The van der Waals surface area contributed by atoms with E-state index in [4.69, 9.17) is 0 Å². The van der Waals surface area contributed by atoms with Gasteiger partial charge in [-0.05, 0) is 34.6 Å². The molecule has 0 atom stereocenters. The first-order valence-corrected chi connectivity index (χ1v) is 14.6. The first-order valence-electron chi connectivity index (χ1n) is 9.69. The summed E-state index contributed by atoms with van der Waals surface area (Å²) in [5.41, 5.74) is 0.631. The molecule has 0 saturated heterocycles. The summed E-state index contributed by atoms with van der Waals surface area (Å²) in [6, 6.07) is 1.48. The number of thioether (sulfide) groups is 1. The summed E-state index contributed by atoms with van der Waals surface area (Å²) in [6.45, 7) is 9.97. The van der Waals surface area contributed by atoms with Gasteiger partial charge in [-0.2, -0.15) is 0 Å². The van der Waals surface area contributed by atoms with Gasteiger partial charge in [-0.3, -0.25) is 4.79 Å². The molecule has 0 unspecified atom stereocenters. The summed E-state index contributed by atoms with van der Waals surface area (Å²) < 4.78 is 2.69. The van der Waals surface area contributed by atoms with Crippen LogP contribution >= 0.6 is 74.5 Å². The van der Waals surface area contributed by atoms with Crippen LogP contribution in [0.1, 0.15) is 35.3 Å². The Kier molecular flexibility index (Phi) is 15.7. The fourth-order valence-electron chi connectivity index (χ4n) is 2.15. The Bertz CT molecular complexity index is 1180. The van der Waals surface area contributed by atoms with Crippen LogP contribution in [0.15, 0.2) is 38.9 Å². The van der Waals surface area contributed by atoms with Crippen molar-refractivity contribution in [2.75, 3.05) is 0 Å². The Hall–Kier alpha value is -1.19. The SMILES string of the molecule is Cc1cc(=O)[nH]c(SCc2ncc(C)s2)n1.Cc1cnc(C)s1.Cc1cnc(CBr)s1.[B]=NS. The number of H-pyrrole nitrogens is 1. The number of rotatable bonds is 4. The van der Waals surface area contributed by atoms with Crippen molar-refractivity contribution in [1.29, 1.82) is 0 Å². The third-order valence-electron chi connectivity index (χ3n) is 3.37. The van der Waals surface area contributed by atoms with E-state index in [2.05, 4.69) is 79.5 Å². The van der Waals surface area contributed by atoms with Gasteiger partial charge in [0.2, 0.25) is 0 Å². The maximum atomic E-state index is 11.2. The normalized spacial score (nSPS) is 9.59. The summed E-state index contributed by atoms with van der Waals surface area (Å²) in [6.07, 6.45) is 5.63. The molecule has 1 radical (unpaired) electrons. The standard InChI is InChI=1S/C10H11N3OS2.C5H6BrNS.C5H7NS.BHNS/c1-6-3-8(14)13-10(12-6)15-5-9-11-4-7(2)16-9;1-4-3-7-5(2-6)8-4;1-4-3-6-5(2)7-4;1-2-3/h3-4H,5H2,1-2H3,(H,12,13,14);3H,2H2,1H3;3H,1-2H3;3H. The number of alkyl halides is 1. The number of aromatic nitrogens is 5. The first kappa shape index (κ1) is 30.8. The second-order valence-electron chi connectivity index (χ2n) is 6.45. The molecule has 0 aliphatic rings. The maximum absolute atomic E-state index is 11.2. The topological polar surface area (TPSA) is 96.8 Å². The van der Waals surface area contributed by atoms with E-state index < -0.39 is 0 Å². The molecule has 0 amide bonds. The van der Waals surface area contributed by atoms with Crippen LogP contribution in [0.3, 0.4) is 0 Å². The van der Waals surface area contributed by atoms with E-state index >= 15 is 0 Å². The van der Waals surface area contributed by atoms with Crippen molar-refractivity contribution in [3.05, 3.63) is 70.4 Å². The van der Waals surface area contributed by atoms with Crippen molar-refractivity contribution >= 4 is 82.2 Å². The number of aromatic amines is 1. The molecule has 0 aromatic carbocycles. The Morgan fingerprint density at radius 3 is 1.88 bits per heavy atom. The van der Waals surface area contributed by atoms with Gasteiger partial charge in [0, 0.05) is 45.0 Å². The number of halogens is 1. The molecule has 0 bridgehead atoms. The van der Waals surface area contributed by atoms with Gasteiger partial charge in [0.05, 0.1) is 16.1 Å². The minimum absolute atomic E-state index is 0.106. The second-order valence-corrected chi connectivity index (χ2v) is 12.3. The van der Waals surface area contributed by atoms with Crippen molar-refractivity contribution < 1.29 is 0 Å². The fraction of sp³-hybridized carbons (Fsp3) is 0.350. The molecule has 14 heteroatoms. The third-order valence-corrected chi connectivity index (χ3v) is 7.99. The fourth-order valence-corrected chi connectivity index (χ4v) is 5.66. The average molecular weight is 617 g/mol. The van der Waals surface area contributed by atoms with Crippen LogP contribution in [0.4, 0.5) is 0 Å². The van der Waals surface area contributed by atoms with Crippen LogP contribution in [-0.4, -0.2) is 32.6 Å². The molecule has 0 spiro atoms. The van der Waals surface area contributed by atoms with E-state index in [1.165, 1.54) is 32.5 Å². The second kappa shape index (κ2) is 17.3. The van der Waals surface area contributed by atoms with E-state index in [0.29, 0.717) is 5.16 Å². The molecule has 7 nitrogen and oxygen atoms in total. The summed E-state index contributed by atoms with van der Waals surface area (Å²) >= 11 is 13.1.